The quantitative estimate of drug-likeness (QED) is 0.221. The maximum Gasteiger partial charge on any atom is 0.234 e. The van der Waals surface area contributed by atoms with Gasteiger partial charge in [0.15, 0.2) is 0 Å². The molecule has 5 heteroatoms. The number of imide groups is 1. The molecule has 4 atom stereocenters. The fourth-order valence-electron chi connectivity index (χ4n) is 8.05. The molecule has 6 rings (SSSR count). The zero-order chi connectivity index (χ0) is 28.7. The monoisotopic (exact) mass is 553 g/mol. The SMILES string of the molecule is CCC1=C2[C@@H](CC/C(=C/c3cc(C)c(O)c(C)c3)c3ccccc3)OC[C@@H]2[C@@H]2C(=O)N(C3CCCCC3)C(=O)[C@@H]2C1. The molecule has 2 aliphatic heterocycles. The fraction of sp³-hybridized carbons (Fsp3) is 0.500. The Kier molecular flexibility index (Phi) is 7.91. The maximum atomic E-state index is 13.8. The second-order valence-electron chi connectivity index (χ2n) is 12.6. The minimum Gasteiger partial charge on any atom is -0.507 e. The molecule has 2 heterocycles. The number of carbonyl (C=O) groups is 2. The van der Waals surface area contributed by atoms with Crippen molar-refractivity contribution in [3.8, 4) is 5.75 Å². The summed E-state index contributed by atoms with van der Waals surface area (Å²) < 4.78 is 6.49. The lowest BCUT2D eigenvalue weighted by atomic mass is 9.69. The fourth-order valence-corrected chi connectivity index (χ4v) is 8.05. The van der Waals surface area contributed by atoms with Crippen LogP contribution in [0.3, 0.4) is 0 Å². The zero-order valence-electron chi connectivity index (χ0n) is 24.7. The molecule has 0 bridgehead atoms. The number of hydrogen-bond donors (Lipinski definition) is 1. The Balaban J connectivity index is 1.26. The van der Waals surface area contributed by atoms with Crippen LogP contribution < -0.4 is 0 Å². The molecule has 0 radical (unpaired) electrons. The third-order valence-electron chi connectivity index (χ3n) is 10.1. The minimum atomic E-state index is -0.258. The number of ether oxygens (including phenoxy) is 1. The van der Waals surface area contributed by atoms with Crippen LogP contribution in [0.15, 0.2) is 53.6 Å². The number of benzene rings is 2. The van der Waals surface area contributed by atoms with Gasteiger partial charge in [0.25, 0.3) is 0 Å². The van der Waals surface area contributed by atoms with E-state index in [-0.39, 0.29) is 41.7 Å². The third-order valence-corrected chi connectivity index (χ3v) is 10.1. The van der Waals surface area contributed by atoms with E-state index in [1.807, 2.05) is 32.0 Å². The van der Waals surface area contributed by atoms with Gasteiger partial charge in [-0.15, -0.1) is 0 Å². The van der Waals surface area contributed by atoms with E-state index in [9.17, 15) is 14.7 Å². The molecule has 2 aromatic rings. The first-order valence-corrected chi connectivity index (χ1v) is 15.6. The lowest BCUT2D eigenvalue weighted by Gasteiger charge is -2.31. The molecule has 0 spiro atoms. The molecular weight excluding hydrogens is 510 g/mol. The summed E-state index contributed by atoms with van der Waals surface area (Å²) in [5.74, 6) is 0.0460. The summed E-state index contributed by atoms with van der Waals surface area (Å²) in [6, 6.07) is 14.6. The predicted molar refractivity (Wildman–Crippen MR) is 162 cm³/mol. The smallest absolute Gasteiger partial charge is 0.234 e. The molecule has 2 saturated heterocycles. The second kappa shape index (κ2) is 11.6. The summed E-state index contributed by atoms with van der Waals surface area (Å²) in [6.07, 6.45) is 10.8. The first kappa shape index (κ1) is 28.0. The van der Waals surface area contributed by atoms with E-state index >= 15 is 0 Å². The van der Waals surface area contributed by atoms with Crippen LogP contribution >= 0.6 is 0 Å². The molecule has 2 aromatic carbocycles. The highest BCUT2D eigenvalue weighted by Gasteiger charge is 2.57. The second-order valence-corrected chi connectivity index (χ2v) is 12.6. The molecule has 4 aliphatic rings. The highest BCUT2D eigenvalue weighted by molar-refractivity contribution is 6.06. The van der Waals surface area contributed by atoms with Crippen LogP contribution in [-0.2, 0) is 14.3 Å². The van der Waals surface area contributed by atoms with E-state index in [1.54, 1.807) is 4.90 Å². The number of hydrogen-bond acceptors (Lipinski definition) is 4. The number of phenols is 1. The number of rotatable bonds is 7. The van der Waals surface area contributed by atoms with Gasteiger partial charge in [0.1, 0.15) is 5.75 Å². The first-order chi connectivity index (χ1) is 19.9. The van der Waals surface area contributed by atoms with Gasteiger partial charge >= 0.3 is 0 Å². The van der Waals surface area contributed by atoms with Gasteiger partial charge < -0.3 is 9.84 Å². The van der Waals surface area contributed by atoms with Gasteiger partial charge in [0.05, 0.1) is 24.5 Å². The number of aromatic hydroxyl groups is 1. The molecule has 2 aliphatic carbocycles. The number of amides is 2. The van der Waals surface area contributed by atoms with Crippen molar-refractivity contribution >= 4 is 23.5 Å². The molecule has 1 saturated carbocycles. The van der Waals surface area contributed by atoms with Crippen LogP contribution in [0.2, 0.25) is 0 Å². The van der Waals surface area contributed by atoms with Gasteiger partial charge in [-0.25, -0.2) is 0 Å². The third kappa shape index (κ3) is 5.18. The Bertz CT molecular complexity index is 1360. The number of fused-ring (bicyclic) bond motifs is 3. The van der Waals surface area contributed by atoms with Crippen molar-refractivity contribution in [1.82, 2.24) is 4.90 Å². The lowest BCUT2D eigenvalue weighted by molar-refractivity contribution is -0.143. The molecule has 41 heavy (non-hydrogen) atoms. The van der Waals surface area contributed by atoms with Crippen molar-refractivity contribution in [2.24, 2.45) is 17.8 Å². The first-order valence-electron chi connectivity index (χ1n) is 15.6. The summed E-state index contributed by atoms with van der Waals surface area (Å²) in [4.78, 5) is 29.1. The molecule has 2 amide bonds. The molecule has 3 fully saturated rings. The Labute approximate surface area is 244 Å². The Morgan fingerprint density at radius 1 is 1.00 bits per heavy atom. The molecule has 1 N–H and O–H groups in total. The summed E-state index contributed by atoms with van der Waals surface area (Å²) in [5.41, 5.74) is 7.87. The van der Waals surface area contributed by atoms with E-state index in [0.717, 1.165) is 61.6 Å². The van der Waals surface area contributed by atoms with Crippen LogP contribution in [0, 0.1) is 31.6 Å². The van der Waals surface area contributed by atoms with Gasteiger partial charge in [-0.3, -0.25) is 14.5 Å². The van der Waals surface area contributed by atoms with Gasteiger partial charge in [0.2, 0.25) is 11.8 Å². The number of nitrogens with zero attached hydrogens (tertiary/aromatic N) is 1. The number of aryl methyl sites for hydroxylation is 2. The van der Waals surface area contributed by atoms with Gasteiger partial charge in [0, 0.05) is 12.0 Å². The van der Waals surface area contributed by atoms with E-state index < -0.39 is 0 Å². The van der Waals surface area contributed by atoms with Crippen LogP contribution in [0.5, 0.6) is 5.75 Å². The molecule has 0 unspecified atom stereocenters. The van der Waals surface area contributed by atoms with Crippen LogP contribution in [-0.4, -0.2) is 40.6 Å². The molecule has 216 valence electrons. The molecule has 0 aromatic heterocycles. The predicted octanol–water partition coefficient (Wildman–Crippen LogP) is 7.39. The average Bonchev–Trinajstić information content (AvgIpc) is 3.52. The summed E-state index contributed by atoms with van der Waals surface area (Å²) >= 11 is 0. The molecular formula is C36H43NO4. The van der Waals surface area contributed by atoms with Gasteiger partial charge in [-0.1, -0.05) is 68.2 Å². The van der Waals surface area contributed by atoms with Crippen molar-refractivity contribution in [2.75, 3.05) is 6.61 Å². The number of phenolic OH excluding ortho intramolecular Hbond substituents is 1. The van der Waals surface area contributed by atoms with Crippen molar-refractivity contribution in [3.05, 3.63) is 75.9 Å². The highest BCUT2D eigenvalue weighted by atomic mass is 16.5. The van der Waals surface area contributed by atoms with Crippen molar-refractivity contribution in [3.63, 3.8) is 0 Å². The summed E-state index contributed by atoms with van der Waals surface area (Å²) in [6.45, 7) is 6.59. The molecule has 5 nitrogen and oxygen atoms in total. The van der Waals surface area contributed by atoms with Gasteiger partial charge in [-0.05, 0) is 97.9 Å². The summed E-state index contributed by atoms with van der Waals surface area (Å²) in [7, 11) is 0. The van der Waals surface area contributed by atoms with Crippen LogP contribution in [0.1, 0.15) is 87.0 Å². The Morgan fingerprint density at radius 2 is 1.71 bits per heavy atom. The Hall–Kier alpha value is -3.18. The Morgan fingerprint density at radius 3 is 2.39 bits per heavy atom. The number of carbonyl (C=O) groups excluding carboxylic acids is 2. The zero-order valence-corrected chi connectivity index (χ0v) is 24.7. The standard InChI is InChI=1S/C36H43NO4/c1-4-25-20-29-33(36(40)37(35(29)39)28-13-9-6-10-14-28)30-21-41-31(32(25)30)16-15-27(26-11-7-5-8-12-26)19-24-17-22(2)34(38)23(3)18-24/h5,7-8,11-12,17-19,28-31,33,38H,4,6,9-10,13-16,20-21H2,1-3H3/b27-19-/t29-,30+,31-,33-/m1/s1. The van der Waals surface area contributed by atoms with Crippen molar-refractivity contribution in [2.45, 2.75) is 90.7 Å². The largest absolute Gasteiger partial charge is 0.507 e. The lowest BCUT2D eigenvalue weighted by Crippen LogP contribution is -2.42. The average molecular weight is 554 g/mol. The van der Waals surface area contributed by atoms with Gasteiger partial charge in [-0.2, -0.15) is 0 Å². The normalized spacial score (nSPS) is 27.0. The topological polar surface area (TPSA) is 66.8 Å². The van der Waals surface area contributed by atoms with E-state index in [2.05, 4.69) is 37.3 Å². The summed E-state index contributed by atoms with van der Waals surface area (Å²) in [5, 5.41) is 10.3. The number of allylic oxidation sites excluding steroid dienone is 2. The van der Waals surface area contributed by atoms with E-state index in [1.165, 1.54) is 28.7 Å². The maximum absolute atomic E-state index is 13.8. The highest BCUT2D eigenvalue weighted by Crippen LogP contribution is 2.51. The van der Waals surface area contributed by atoms with Crippen molar-refractivity contribution < 1.29 is 19.4 Å². The van der Waals surface area contributed by atoms with Crippen LogP contribution in [0.4, 0.5) is 0 Å². The van der Waals surface area contributed by atoms with Crippen molar-refractivity contribution in [1.29, 1.82) is 0 Å². The van der Waals surface area contributed by atoms with Crippen LogP contribution in [0.25, 0.3) is 11.6 Å². The minimum absolute atomic E-state index is 0.0188. The van der Waals surface area contributed by atoms with E-state index in [4.69, 9.17) is 4.74 Å². The van der Waals surface area contributed by atoms with E-state index in [0.29, 0.717) is 18.8 Å². The number of likely N-dealkylation sites (tertiary alicyclic amines) is 1.